The summed E-state index contributed by atoms with van der Waals surface area (Å²) < 4.78 is 5.01. The van der Waals surface area contributed by atoms with Crippen LogP contribution in [0.25, 0.3) is 0 Å². The molecule has 0 amide bonds. The van der Waals surface area contributed by atoms with E-state index in [4.69, 9.17) is 4.74 Å². The van der Waals surface area contributed by atoms with Crippen molar-refractivity contribution < 1.29 is 9.53 Å². The third-order valence-electron chi connectivity index (χ3n) is 1.46. The summed E-state index contributed by atoms with van der Waals surface area (Å²) in [6, 6.07) is 7.44. The number of rotatable bonds is 4. The fourth-order valence-corrected chi connectivity index (χ4v) is 0.893. The van der Waals surface area contributed by atoms with Crippen molar-refractivity contribution in [2.75, 3.05) is 19.0 Å². The zero-order valence-corrected chi connectivity index (χ0v) is 6.91. The quantitative estimate of drug-likeness (QED) is 0.683. The van der Waals surface area contributed by atoms with Gasteiger partial charge in [-0.2, -0.15) is 0 Å². The zero-order valence-electron chi connectivity index (χ0n) is 6.91. The molecular weight excluding hydrogens is 154 g/mol. The van der Waals surface area contributed by atoms with Gasteiger partial charge in [-0.15, -0.1) is 0 Å². The highest BCUT2D eigenvalue weighted by atomic mass is 16.5. The van der Waals surface area contributed by atoms with Crippen molar-refractivity contribution in [2.24, 2.45) is 0 Å². The van der Waals surface area contributed by atoms with Crippen LogP contribution in [0.15, 0.2) is 24.3 Å². The molecule has 0 aliphatic carbocycles. The van der Waals surface area contributed by atoms with Crippen LogP contribution in [-0.2, 0) is 4.79 Å². The van der Waals surface area contributed by atoms with Gasteiger partial charge in [-0.05, 0) is 12.1 Å². The number of methoxy groups -OCH3 is 1. The maximum absolute atomic E-state index is 10.0. The Balaban J connectivity index is 2.65. The van der Waals surface area contributed by atoms with Crippen LogP contribution in [0.2, 0.25) is 0 Å². The Morgan fingerprint density at radius 1 is 1.58 bits per heavy atom. The lowest BCUT2D eigenvalue weighted by atomic mass is 10.3. The lowest BCUT2D eigenvalue weighted by Gasteiger charge is -2.04. The molecule has 1 aromatic carbocycles. The van der Waals surface area contributed by atoms with Gasteiger partial charge in [0.25, 0.3) is 0 Å². The predicted octanol–water partition coefficient (Wildman–Crippen LogP) is 1.31. The normalized spacial score (nSPS) is 9.08. The van der Waals surface area contributed by atoms with E-state index in [1.165, 1.54) is 0 Å². The minimum Gasteiger partial charge on any atom is -0.497 e. The van der Waals surface area contributed by atoms with Gasteiger partial charge in [-0.3, -0.25) is 0 Å². The minimum atomic E-state index is 0.327. The number of aldehydes is 1. The molecule has 0 aliphatic heterocycles. The molecule has 3 heteroatoms. The fraction of sp³-hybridized carbons (Fsp3) is 0.222. The van der Waals surface area contributed by atoms with Gasteiger partial charge in [0.05, 0.1) is 13.7 Å². The van der Waals surface area contributed by atoms with Gasteiger partial charge in [-0.25, -0.2) is 0 Å². The molecule has 64 valence electrons. The summed E-state index contributed by atoms with van der Waals surface area (Å²) in [4.78, 5) is 10.0. The van der Waals surface area contributed by atoms with E-state index >= 15 is 0 Å². The summed E-state index contributed by atoms with van der Waals surface area (Å²) in [5, 5.41) is 2.92. The number of nitrogens with one attached hydrogen (secondary N) is 1. The van der Waals surface area contributed by atoms with Crippen LogP contribution in [0.5, 0.6) is 5.75 Å². The Bertz CT molecular complexity index is 260. The van der Waals surface area contributed by atoms with Crippen molar-refractivity contribution in [3.8, 4) is 5.75 Å². The lowest BCUT2D eigenvalue weighted by molar-refractivity contribution is -0.106. The molecule has 3 nitrogen and oxygen atoms in total. The lowest BCUT2D eigenvalue weighted by Crippen LogP contribution is -2.01. The number of benzene rings is 1. The smallest absolute Gasteiger partial charge is 0.139 e. The van der Waals surface area contributed by atoms with Gasteiger partial charge in [0.15, 0.2) is 0 Å². The largest absolute Gasteiger partial charge is 0.497 e. The Kier molecular flexibility index (Phi) is 3.14. The number of carbonyl (C=O) groups is 1. The van der Waals surface area contributed by atoms with Gasteiger partial charge >= 0.3 is 0 Å². The van der Waals surface area contributed by atoms with E-state index in [1.54, 1.807) is 7.11 Å². The van der Waals surface area contributed by atoms with E-state index in [2.05, 4.69) is 5.32 Å². The maximum Gasteiger partial charge on any atom is 0.139 e. The molecule has 0 unspecified atom stereocenters. The maximum atomic E-state index is 10.0. The van der Waals surface area contributed by atoms with Crippen molar-refractivity contribution >= 4 is 12.0 Å². The first-order valence-electron chi connectivity index (χ1n) is 3.68. The van der Waals surface area contributed by atoms with E-state index in [1.807, 2.05) is 24.3 Å². The van der Waals surface area contributed by atoms with E-state index < -0.39 is 0 Å². The highest BCUT2D eigenvalue weighted by Crippen LogP contribution is 2.15. The SMILES string of the molecule is COc1cccc(NCC=O)c1. The second-order valence-corrected chi connectivity index (χ2v) is 2.28. The molecule has 0 aromatic heterocycles. The summed E-state index contributed by atoms with van der Waals surface area (Å²) in [6.45, 7) is 0.327. The van der Waals surface area contributed by atoms with Gasteiger partial charge in [0, 0.05) is 11.8 Å². The molecule has 0 fully saturated rings. The summed E-state index contributed by atoms with van der Waals surface area (Å²) in [5.74, 6) is 0.783. The number of hydrogen-bond donors (Lipinski definition) is 1. The summed E-state index contributed by atoms with van der Waals surface area (Å²) >= 11 is 0. The Labute approximate surface area is 71.4 Å². The molecule has 0 atom stereocenters. The average Bonchev–Trinajstić information content (AvgIpc) is 2.15. The number of hydrogen-bond acceptors (Lipinski definition) is 3. The molecule has 1 aromatic rings. The van der Waals surface area contributed by atoms with Gasteiger partial charge in [-0.1, -0.05) is 6.07 Å². The van der Waals surface area contributed by atoms with Crippen LogP contribution >= 0.6 is 0 Å². The molecule has 0 aliphatic rings. The molecule has 12 heavy (non-hydrogen) atoms. The van der Waals surface area contributed by atoms with Crippen LogP contribution in [0, 0.1) is 0 Å². The molecule has 0 radical (unpaired) electrons. The zero-order chi connectivity index (χ0) is 8.81. The molecule has 0 spiro atoms. The van der Waals surface area contributed by atoms with Crippen LogP contribution in [0.1, 0.15) is 0 Å². The summed E-state index contributed by atoms with van der Waals surface area (Å²) in [7, 11) is 1.61. The van der Waals surface area contributed by atoms with Gasteiger partial charge < -0.3 is 14.8 Å². The molecule has 0 heterocycles. The van der Waals surface area contributed by atoms with Crippen molar-refractivity contribution in [3.05, 3.63) is 24.3 Å². The minimum absolute atomic E-state index is 0.327. The number of ether oxygens (including phenoxy) is 1. The van der Waals surface area contributed by atoms with Crippen LogP contribution in [0.4, 0.5) is 5.69 Å². The second kappa shape index (κ2) is 4.38. The Morgan fingerprint density at radius 3 is 3.08 bits per heavy atom. The van der Waals surface area contributed by atoms with E-state index in [0.29, 0.717) is 6.54 Å². The summed E-state index contributed by atoms with van der Waals surface area (Å²) in [5.41, 5.74) is 0.890. The third-order valence-corrected chi connectivity index (χ3v) is 1.46. The van der Waals surface area contributed by atoms with Crippen molar-refractivity contribution in [1.29, 1.82) is 0 Å². The Morgan fingerprint density at radius 2 is 2.42 bits per heavy atom. The average molecular weight is 165 g/mol. The van der Waals surface area contributed by atoms with Crippen molar-refractivity contribution in [1.82, 2.24) is 0 Å². The molecule has 1 rings (SSSR count). The van der Waals surface area contributed by atoms with Crippen molar-refractivity contribution in [2.45, 2.75) is 0 Å². The molecule has 0 saturated heterocycles. The first-order chi connectivity index (χ1) is 5.86. The van der Waals surface area contributed by atoms with E-state index in [0.717, 1.165) is 17.7 Å². The standard InChI is InChI=1S/C9H11NO2/c1-12-9-4-2-3-8(7-9)10-5-6-11/h2-4,6-7,10H,5H2,1H3. The number of anilines is 1. The highest BCUT2D eigenvalue weighted by Gasteiger charge is 1.92. The molecular formula is C9H11NO2. The van der Waals surface area contributed by atoms with Crippen molar-refractivity contribution in [3.63, 3.8) is 0 Å². The van der Waals surface area contributed by atoms with Gasteiger partial charge in [0.1, 0.15) is 12.0 Å². The number of carbonyl (C=O) groups excluding carboxylic acids is 1. The third kappa shape index (κ3) is 2.27. The van der Waals surface area contributed by atoms with Crippen LogP contribution < -0.4 is 10.1 Å². The highest BCUT2D eigenvalue weighted by molar-refractivity contribution is 5.60. The molecule has 0 saturated carbocycles. The first-order valence-corrected chi connectivity index (χ1v) is 3.68. The summed E-state index contributed by atoms with van der Waals surface area (Å²) in [6.07, 6.45) is 0.819. The van der Waals surface area contributed by atoms with Crippen LogP contribution in [0.3, 0.4) is 0 Å². The first kappa shape index (κ1) is 8.59. The fourth-order valence-electron chi connectivity index (χ4n) is 0.893. The molecule has 0 bridgehead atoms. The van der Waals surface area contributed by atoms with E-state index in [9.17, 15) is 4.79 Å². The van der Waals surface area contributed by atoms with E-state index in [-0.39, 0.29) is 0 Å². The topological polar surface area (TPSA) is 38.3 Å². The van der Waals surface area contributed by atoms with Gasteiger partial charge in [0.2, 0.25) is 0 Å². The second-order valence-electron chi connectivity index (χ2n) is 2.28. The monoisotopic (exact) mass is 165 g/mol. The predicted molar refractivity (Wildman–Crippen MR) is 47.5 cm³/mol. The molecule has 1 N–H and O–H groups in total. The van der Waals surface area contributed by atoms with Crippen LogP contribution in [-0.4, -0.2) is 19.9 Å². The Hall–Kier alpha value is -1.51.